The van der Waals surface area contributed by atoms with E-state index in [-0.39, 0.29) is 17.5 Å². The molecule has 7 heteroatoms. The van der Waals surface area contributed by atoms with E-state index in [4.69, 9.17) is 0 Å². The number of nitrogens with one attached hydrogen (secondary N) is 1. The summed E-state index contributed by atoms with van der Waals surface area (Å²) in [5.74, 6) is -0.485. The van der Waals surface area contributed by atoms with Crippen LogP contribution < -0.4 is 5.32 Å². The Bertz CT molecular complexity index is 627. The summed E-state index contributed by atoms with van der Waals surface area (Å²) in [5.41, 5.74) is 0.297. The standard InChI is InChI=1S/C15H17N3O4/c1-2-12-15(20)16-9-10-17(12)14(19)8-7-11-5-3-4-6-13(11)18(21)22/h3-8,12H,2,9-10H2,1H3,(H,16,20). The van der Waals surface area contributed by atoms with Crippen molar-refractivity contribution in [3.05, 3.63) is 46.0 Å². The monoisotopic (exact) mass is 303 g/mol. The summed E-state index contributed by atoms with van der Waals surface area (Å²) in [6, 6.07) is 5.70. The number of nitrogens with zero attached hydrogens (tertiary/aromatic N) is 2. The predicted molar refractivity (Wildman–Crippen MR) is 80.9 cm³/mol. The van der Waals surface area contributed by atoms with Gasteiger partial charge < -0.3 is 10.2 Å². The van der Waals surface area contributed by atoms with E-state index in [1.54, 1.807) is 18.2 Å². The summed E-state index contributed by atoms with van der Waals surface area (Å²) in [6.07, 6.45) is 3.22. The molecule has 2 amide bonds. The maximum Gasteiger partial charge on any atom is 0.276 e. The SMILES string of the molecule is CCC1C(=O)NCCN1C(=O)C=Cc1ccccc1[N+](=O)[O-]. The van der Waals surface area contributed by atoms with Gasteiger partial charge in [-0.15, -0.1) is 0 Å². The third-order valence-corrected chi connectivity index (χ3v) is 3.54. The van der Waals surface area contributed by atoms with Crippen molar-refractivity contribution in [1.29, 1.82) is 0 Å². The van der Waals surface area contributed by atoms with Gasteiger partial charge in [-0.05, 0) is 18.6 Å². The molecule has 1 atom stereocenters. The number of nitro benzene ring substituents is 1. The topological polar surface area (TPSA) is 92.6 Å². The van der Waals surface area contributed by atoms with Gasteiger partial charge in [-0.3, -0.25) is 19.7 Å². The molecular weight excluding hydrogens is 286 g/mol. The molecule has 0 aromatic heterocycles. The van der Waals surface area contributed by atoms with Gasteiger partial charge in [0.1, 0.15) is 6.04 Å². The van der Waals surface area contributed by atoms with Crippen LogP contribution in [0.4, 0.5) is 5.69 Å². The molecule has 116 valence electrons. The molecule has 0 spiro atoms. The highest BCUT2D eigenvalue weighted by Crippen LogP contribution is 2.19. The number of carbonyl (C=O) groups excluding carboxylic acids is 2. The first-order chi connectivity index (χ1) is 10.5. The lowest BCUT2D eigenvalue weighted by atomic mass is 10.1. The zero-order valence-electron chi connectivity index (χ0n) is 12.2. The smallest absolute Gasteiger partial charge is 0.276 e. The molecule has 2 rings (SSSR count). The van der Waals surface area contributed by atoms with Crippen LogP contribution in [-0.4, -0.2) is 40.8 Å². The predicted octanol–water partition coefficient (Wildman–Crippen LogP) is 1.34. The van der Waals surface area contributed by atoms with Gasteiger partial charge in [0, 0.05) is 25.2 Å². The number of rotatable bonds is 4. The van der Waals surface area contributed by atoms with Crippen LogP contribution in [0, 0.1) is 10.1 Å². The molecular formula is C15H17N3O4. The van der Waals surface area contributed by atoms with Gasteiger partial charge in [0.05, 0.1) is 10.5 Å². The molecule has 1 aromatic carbocycles. The highest BCUT2D eigenvalue weighted by molar-refractivity contribution is 5.96. The van der Waals surface area contributed by atoms with Crippen molar-refractivity contribution in [2.75, 3.05) is 13.1 Å². The van der Waals surface area contributed by atoms with E-state index in [1.165, 1.54) is 23.1 Å². The van der Waals surface area contributed by atoms with E-state index < -0.39 is 11.0 Å². The number of para-hydroxylation sites is 1. The van der Waals surface area contributed by atoms with E-state index in [0.29, 0.717) is 25.1 Å². The van der Waals surface area contributed by atoms with E-state index in [0.717, 1.165) is 0 Å². The fourth-order valence-corrected chi connectivity index (χ4v) is 2.44. The lowest BCUT2D eigenvalue weighted by Gasteiger charge is -2.33. The second-order valence-corrected chi connectivity index (χ2v) is 4.90. The molecule has 1 aliphatic rings. The number of amides is 2. The number of piperazine rings is 1. The summed E-state index contributed by atoms with van der Waals surface area (Å²) < 4.78 is 0. The van der Waals surface area contributed by atoms with Crippen LogP contribution >= 0.6 is 0 Å². The largest absolute Gasteiger partial charge is 0.353 e. The van der Waals surface area contributed by atoms with Gasteiger partial charge in [-0.2, -0.15) is 0 Å². The molecule has 1 saturated heterocycles. The number of benzene rings is 1. The van der Waals surface area contributed by atoms with E-state index in [1.807, 2.05) is 6.92 Å². The Labute approximate surface area is 127 Å². The molecule has 1 aromatic rings. The van der Waals surface area contributed by atoms with Crippen molar-refractivity contribution < 1.29 is 14.5 Å². The third kappa shape index (κ3) is 3.30. The summed E-state index contributed by atoms with van der Waals surface area (Å²) in [6.45, 7) is 2.69. The lowest BCUT2D eigenvalue weighted by Crippen LogP contribution is -2.56. The molecule has 0 bridgehead atoms. The summed E-state index contributed by atoms with van der Waals surface area (Å²) >= 11 is 0. The fourth-order valence-electron chi connectivity index (χ4n) is 2.44. The molecule has 22 heavy (non-hydrogen) atoms. The van der Waals surface area contributed by atoms with Crippen LogP contribution in [-0.2, 0) is 9.59 Å². The minimum Gasteiger partial charge on any atom is -0.353 e. The zero-order valence-corrected chi connectivity index (χ0v) is 12.2. The average molecular weight is 303 g/mol. The maximum absolute atomic E-state index is 12.3. The lowest BCUT2D eigenvalue weighted by molar-refractivity contribution is -0.385. The first-order valence-electron chi connectivity index (χ1n) is 7.04. The normalized spacial score (nSPS) is 18.3. The summed E-state index contributed by atoms with van der Waals surface area (Å²) in [7, 11) is 0. The molecule has 1 heterocycles. The van der Waals surface area contributed by atoms with Gasteiger partial charge in [0.2, 0.25) is 11.8 Å². The maximum atomic E-state index is 12.3. The van der Waals surface area contributed by atoms with Crippen LogP contribution in [0.3, 0.4) is 0 Å². The Kier molecular flexibility index (Phi) is 4.88. The number of hydrogen-bond donors (Lipinski definition) is 1. The van der Waals surface area contributed by atoms with Crippen molar-refractivity contribution in [3.63, 3.8) is 0 Å². The minimum atomic E-state index is -0.493. The Morgan fingerprint density at radius 2 is 2.23 bits per heavy atom. The van der Waals surface area contributed by atoms with Crippen molar-refractivity contribution >= 4 is 23.6 Å². The molecule has 1 fully saturated rings. The van der Waals surface area contributed by atoms with Crippen LogP contribution in [0.1, 0.15) is 18.9 Å². The van der Waals surface area contributed by atoms with Gasteiger partial charge in [0.25, 0.3) is 5.69 Å². The van der Waals surface area contributed by atoms with Crippen LogP contribution in [0.15, 0.2) is 30.3 Å². The Balaban J connectivity index is 2.18. The first kappa shape index (κ1) is 15.7. The van der Waals surface area contributed by atoms with Crippen molar-refractivity contribution in [3.8, 4) is 0 Å². The number of nitro groups is 1. The van der Waals surface area contributed by atoms with Gasteiger partial charge in [-0.25, -0.2) is 0 Å². The minimum absolute atomic E-state index is 0.0602. The van der Waals surface area contributed by atoms with Gasteiger partial charge in [0.15, 0.2) is 0 Å². The van der Waals surface area contributed by atoms with E-state index in [2.05, 4.69) is 5.32 Å². The number of carbonyl (C=O) groups is 2. The van der Waals surface area contributed by atoms with E-state index in [9.17, 15) is 19.7 Å². The Hall–Kier alpha value is -2.70. The fraction of sp³-hybridized carbons (Fsp3) is 0.333. The highest BCUT2D eigenvalue weighted by Gasteiger charge is 2.30. The average Bonchev–Trinajstić information content (AvgIpc) is 2.52. The van der Waals surface area contributed by atoms with Crippen LogP contribution in [0.2, 0.25) is 0 Å². The second kappa shape index (κ2) is 6.84. The second-order valence-electron chi connectivity index (χ2n) is 4.90. The molecule has 1 aliphatic heterocycles. The van der Waals surface area contributed by atoms with E-state index >= 15 is 0 Å². The Morgan fingerprint density at radius 1 is 1.50 bits per heavy atom. The zero-order chi connectivity index (χ0) is 16.1. The Morgan fingerprint density at radius 3 is 2.91 bits per heavy atom. The van der Waals surface area contributed by atoms with Crippen molar-refractivity contribution in [2.24, 2.45) is 0 Å². The summed E-state index contributed by atoms with van der Waals surface area (Å²) in [5, 5.41) is 13.7. The molecule has 1 unspecified atom stereocenters. The summed E-state index contributed by atoms with van der Waals surface area (Å²) in [4.78, 5) is 35.9. The first-order valence-corrected chi connectivity index (χ1v) is 7.04. The van der Waals surface area contributed by atoms with Gasteiger partial charge in [-0.1, -0.05) is 19.1 Å². The molecule has 0 radical (unpaired) electrons. The molecule has 0 aliphatic carbocycles. The number of hydrogen-bond acceptors (Lipinski definition) is 4. The van der Waals surface area contributed by atoms with Crippen molar-refractivity contribution in [1.82, 2.24) is 10.2 Å². The molecule has 0 saturated carbocycles. The van der Waals surface area contributed by atoms with Crippen LogP contribution in [0.25, 0.3) is 6.08 Å². The third-order valence-electron chi connectivity index (χ3n) is 3.54. The molecule has 1 N–H and O–H groups in total. The quantitative estimate of drug-likeness (QED) is 0.516. The van der Waals surface area contributed by atoms with Gasteiger partial charge >= 0.3 is 0 Å². The molecule has 7 nitrogen and oxygen atoms in total. The highest BCUT2D eigenvalue weighted by atomic mass is 16.6. The van der Waals surface area contributed by atoms with Crippen LogP contribution in [0.5, 0.6) is 0 Å². The van der Waals surface area contributed by atoms with Crippen molar-refractivity contribution in [2.45, 2.75) is 19.4 Å².